The first-order chi connectivity index (χ1) is 17.0. The molecule has 0 aromatic heterocycles. The van der Waals surface area contributed by atoms with Gasteiger partial charge in [0.25, 0.3) is 5.91 Å². The van der Waals surface area contributed by atoms with Gasteiger partial charge in [0.2, 0.25) is 11.8 Å². The van der Waals surface area contributed by atoms with Crippen molar-refractivity contribution in [2.24, 2.45) is 11.7 Å². The summed E-state index contributed by atoms with van der Waals surface area (Å²) in [7, 11) is 0. The van der Waals surface area contributed by atoms with E-state index in [-0.39, 0.29) is 24.1 Å². The van der Waals surface area contributed by atoms with Crippen molar-refractivity contribution in [1.29, 1.82) is 0 Å². The van der Waals surface area contributed by atoms with E-state index in [0.717, 1.165) is 37.1 Å². The van der Waals surface area contributed by atoms with Gasteiger partial charge in [-0.25, -0.2) is 0 Å². The molecule has 2 aromatic carbocycles. The van der Waals surface area contributed by atoms with Gasteiger partial charge >= 0.3 is 0 Å². The molecule has 2 fully saturated rings. The standard InChI is InChI=1S/C28H34N4O3/c29-16-22(14-19-6-2-1-3-7-19)24-8-4-5-13-31(24)17-20-9-10-21-18-32(28(35)23(21)15-20)25-11-12-26(33)30-27(25)34/h1-3,6-7,9-10,15,22,24-25H,4-5,8,11-14,16-18,29H2,(H,30,33,34). The quantitative estimate of drug-likeness (QED) is 0.602. The van der Waals surface area contributed by atoms with Gasteiger partial charge in [-0.3, -0.25) is 24.6 Å². The molecule has 0 spiro atoms. The summed E-state index contributed by atoms with van der Waals surface area (Å²) < 4.78 is 0. The van der Waals surface area contributed by atoms with E-state index in [9.17, 15) is 14.4 Å². The smallest absolute Gasteiger partial charge is 0.255 e. The highest BCUT2D eigenvalue weighted by atomic mass is 16.2. The number of hydrogen-bond acceptors (Lipinski definition) is 5. The van der Waals surface area contributed by atoms with Crippen molar-refractivity contribution in [2.45, 2.75) is 63.7 Å². The SMILES string of the molecule is NCC(Cc1ccccc1)C1CCCCN1Cc1ccc2c(c1)C(=O)N(C1CCC(=O)NC1=O)C2. The molecular formula is C28H34N4O3. The molecule has 7 nitrogen and oxygen atoms in total. The van der Waals surface area contributed by atoms with Gasteiger partial charge in [0.05, 0.1) is 0 Å². The fraction of sp³-hybridized carbons (Fsp3) is 0.464. The second-order valence-electron chi connectivity index (χ2n) is 10.1. The topological polar surface area (TPSA) is 95.7 Å². The highest BCUT2D eigenvalue weighted by Crippen LogP contribution is 2.31. The molecule has 5 rings (SSSR count). The minimum absolute atomic E-state index is 0.115. The van der Waals surface area contributed by atoms with E-state index in [0.29, 0.717) is 37.0 Å². The Labute approximate surface area is 206 Å². The number of rotatable bonds is 7. The average molecular weight is 475 g/mol. The summed E-state index contributed by atoms with van der Waals surface area (Å²) in [6, 6.07) is 16.5. The third-order valence-corrected chi connectivity index (χ3v) is 7.83. The number of nitrogens with zero attached hydrogens (tertiary/aromatic N) is 2. The lowest BCUT2D eigenvalue weighted by Crippen LogP contribution is -2.52. The van der Waals surface area contributed by atoms with Crippen LogP contribution in [-0.2, 0) is 29.1 Å². The summed E-state index contributed by atoms with van der Waals surface area (Å²) in [5.74, 6) is -0.367. The summed E-state index contributed by atoms with van der Waals surface area (Å²) in [4.78, 5) is 41.2. The van der Waals surface area contributed by atoms with Crippen LogP contribution >= 0.6 is 0 Å². The molecule has 3 amide bonds. The molecule has 7 heteroatoms. The third kappa shape index (κ3) is 5.02. The predicted molar refractivity (Wildman–Crippen MR) is 133 cm³/mol. The van der Waals surface area contributed by atoms with Gasteiger partial charge in [0.15, 0.2) is 0 Å². The summed E-state index contributed by atoms with van der Waals surface area (Å²) in [5, 5.41) is 2.37. The second-order valence-corrected chi connectivity index (χ2v) is 10.1. The van der Waals surface area contributed by atoms with Crippen LogP contribution in [0.1, 0.15) is 59.2 Å². The summed E-state index contributed by atoms with van der Waals surface area (Å²) in [6.45, 7) is 2.89. The van der Waals surface area contributed by atoms with Crippen molar-refractivity contribution in [1.82, 2.24) is 15.1 Å². The minimum Gasteiger partial charge on any atom is -0.330 e. The number of amides is 3. The van der Waals surface area contributed by atoms with E-state index >= 15 is 0 Å². The summed E-state index contributed by atoms with van der Waals surface area (Å²) in [6.07, 6.45) is 5.16. The van der Waals surface area contributed by atoms with Crippen molar-refractivity contribution in [2.75, 3.05) is 13.1 Å². The van der Waals surface area contributed by atoms with Crippen molar-refractivity contribution in [3.05, 3.63) is 70.8 Å². The van der Waals surface area contributed by atoms with E-state index < -0.39 is 6.04 Å². The van der Waals surface area contributed by atoms with Crippen LogP contribution in [0.2, 0.25) is 0 Å². The summed E-state index contributed by atoms with van der Waals surface area (Å²) >= 11 is 0. The Morgan fingerprint density at radius 1 is 1.00 bits per heavy atom. The maximum atomic E-state index is 13.2. The van der Waals surface area contributed by atoms with E-state index in [1.54, 1.807) is 4.90 Å². The van der Waals surface area contributed by atoms with Crippen LogP contribution in [0.3, 0.4) is 0 Å². The lowest BCUT2D eigenvalue weighted by molar-refractivity contribution is -0.136. The second kappa shape index (κ2) is 10.3. The van der Waals surface area contributed by atoms with Crippen LogP contribution in [-0.4, -0.2) is 52.7 Å². The minimum atomic E-state index is -0.578. The van der Waals surface area contributed by atoms with Crippen LogP contribution in [0, 0.1) is 5.92 Å². The molecule has 3 aliphatic rings. The molecule has 0 saturated carbocycles. The molecule has 0 aliphatic carbocycles. The molecule has 184 valence electrons. The fourth-order valence-electron chi connectivity index (χ4n) is 5.97. The number of likely N-dealkylation sites (tertiary alicyclic amines) is 1. The van der Waals surface area contributed by atoms with E-state index in [1.165, 1.54) is 18.4 Å². The average Bonchev–Trinajstić information content (AvgIpc) is 3.19. The number of piperidine rings is 2. The Kier molecular flexibility index (Phi) is 6.97. The monoisotopic (exact) mass is 474 g/mol. The molecule has 3 aliphatic heterocycles. The number of carbonyl (C=O) groups is 3. The Bertz CT molecular complexity index is 1100. The van der Waals surface area contributed by atoms with Crippen molar-refractivity contribution < 1.29 is 14.4 Å². The van der Waals surface area contributed by atoms with Crippen LogP contribution in [0.15, 0.2) is 48.5 Å². The number of benzene rings is 2. The van der Waals surface area contributed by atoms with Gasteiger partial charge < -0.3 is 10.6 Å². The molecule has 3 heterocycles. The van der Waals surface area contributed by atoms with Gasteiger partial charge in [-0.15, -0.1) is 0 Å². The van der Waals surface area contributed by atoms with Crippen LogP contribution in [0.5, 0.6) is 0 Å². The van der Waals surface area contributed by atoms with E-state index in [2.05, 4.69) is 40.5 Å². The largest absolute Gasteiger partial charge is 0.330 e. The molecular weight excluding hydrogens is 440 g/mol. The highest BCUT2D eigenvalue weighted by molar-refractivity contribution is 6.05. The molecule has 3 atom stereocenters. The number of imide groups is 1. The fourth-order valence-corrected chi connectivity index (χ4v) is 5.97. The number of nitrogens with two attached hydrogens (primary N) is 1. The van der Waals surface area contributed by atoms with Gasteiger partial charge in [-0.2, -0.15) is 0 Å². The maximum Gasteiger partial charge on any atom is 0.255 e. The molecule has 0 bridgehead atoms. The first-order valence-electron chi connectivity index (χ1n) is 12.8. The third-order valence-electron chi connectivity index (χ3n) is 7.83. The maximum absolute atomic E-state index is 13.2. The Morgan fingerprint density at radius 2 is 1.83 bits per heavy atom. The van der Waals surface area contributed by atoms with Crippen LogP contribution in [0.4, 0.5) is 0 Å². The highest BCUT2D eigenvalue weighted by Gasteiger charge is 2.39. The number of nitrogens with one attached hydrogen (secondary N) is 1. The number of fused-ring (bicyclic) bond motifs is 1. The predicted octanol–water partition coefficient (Wildman–Crippen LogP) is 2.62. The Hall–Kier alpha value is -3.03. The van der Waals surface area contributed by atoms with Crippen molar-refractivity contribution in [3.8, 4) is 0 Å². The molecule has 3 unspecified atom stereocenters. The molecule has 2 saturated heterocycles. The zero-order valence-electron chi connectivity index (χ0n) is 20.1. The van der Waals surface area contributed by atoms with Gasteiger partial charge in [-0.1, -0.05) is 48.9 Å². The van der Waals surface area contributed by atoms with Crippen molar-refractivity contribution in [3.63, 3.8) is 0 Å². The zero-order valence-corrected chi connectivity index (χ0v) is 20.1. The van der Waals surface area contributed by atoms with Crippen LogP contribution in [0.25, 0.3) is 0 Å². The van der Waals surface area contributed by atoms with E-state index in [1.807, 2.05) is 18.2 Å². The van der Waals surface area contributed by atoms with Gasteiger partial charge in [-0.05, 0) is 67.4 Å². The Balaban J connectivity index is 1.30. The molecule has 0 radical (unpaired) electrons. The van der Waals surface area contributed by atoms with Crippen molar-refractivity contribution >= 4 is 17.7 Å². The lowest BCUT2D eigenvalue weighted by atomic mass is 9.85. The molecule has 2 aromatic rings. The zero-order chi connectivity index (χ0) is 24.4. The van der Waals surface area contributed by atoms with E-state index in [4.69, 9.17) is 5.73 Å². The first kappa shape index (κ1) is 23.7. The molecule has 3 N–H and O–H groups in total. The number of hydrogen-bond donors (Lipinski definition) is 2. The van der Waals surface area contributed by atoms with Crippen LogP contribution < -0.4 is 11.1 Å². The van der Waals surface area contributed by atoms with Gasteiger partial charge in [0, 0.05) is 31.1 Å². The number of carbonyl (C=O) groups excluding carboxylic acids is 3. The normalized spacial score (nSPS) is 23.8. The first-order valence-corrected chi connectivity index (χ1v) is 12.8. The molecule has 35 heavy (non-hydrogen) atoms. The van der Waals surface area contributed by atoms with Gasteiger partial charge in [0.1, 0.15) is 6.04 Å². The Morgan fingerprint density at radius 3 is 2.60 bits per heavy atom. The lowest BCUT2D eigenvalue weighted by Gasteiger charge is -2.40. The summed E-state index contributed by atoms with van der Waals surface area (Å²) in [5.41, 5.74) is 10.3.